The van der Waals surface area contributed by atoms with Crippen LogP contribution in [0.15, 0.2) is 72.9 Å². The zero-order valence-electron chi connectivity index (χ0n) is 62.2. The first-order chi connectivity index (χ1) is 47.7. The first-order valence-corrected chi connectivity index (χ1v) is 42.2. The van der Waals surface area contributed by atoms with Crippen molar-refractivity contribution in [3.05, 3.63) is 72.9 Å². The van der Waals surface area contributed by atoms with E-state index in [0.29, 0.717) is 32.1 Å². The van der Waals surface area contributed by atoms with Gasteiger partial charge in [0.05, 0.1) is 26.4 Å². The SMILES string of the molecule is CC/C=C\C/C=C\C/C=C\C/C=C\C/C=C\CCCC(=O)OCC(COP(=O)(O)OCC(O)COP(=O)(O)OCC(COC(=O)CCCCCCCCCCCCCCCCC)OC(=O)CCCCCCCCCCCCCCCCC)OC(=O)CCCCCCC/C=C\CCCC. The Morgan fingerprint density at radius 1 is 0.296 bits per heavy atom. The molecule has 0 amide bonds. The fourth-order valence-corrected chi connectivity index (χ4v) is 12.3. The van der Waals surface area contributed by atoms with Gasteiger partial charge in [-0.2, -0.15) is 0 Å². The summed E-state index contributed by atoms with van der Waals surface area (Å²) in [6, 6.07) is 0. The lowest BCUT2D eigenvalue weighted by atomic mass is 10.0. The van der Waals surface area contributed by atoms with Gasteiger partial charge < -0.3 is 33.8 Å². The summed E-state index contributed by atoms with van der Waals surface area (Å²) in [5, 5.41) is 10.6. The highest BCUT2D eigenvalue weighted by atomic mass is 31.2. The van der Waals surface area contributed by atoms with Crippen LogP contribution in [0.5, 0.6) is 0 Å². The molecule has 0 rings (SSSR count). The molecule has 5 unspecified atom stereocenters. The van der Waals surface area contributed by atoms with E-state index < -0.39 is 97.5 Å². The zero-order chi connectivity index (χ0) is 71.8. The van der Waals surface area contributed by atoms with E-state index in [1.54, 1.807) is 0 Å². The monoisotopic (exact) mass is 1420 g/mol. The van der Waals surface area contributed by atoms with Gasteiger partial charge in [-0.25, -0.2) is 9.13 Å². The Morgan fingerprint density at radius 2 is 0.551 bits per heavy atom. The Hall–Kier alpha value is -3.50. The van der Waals surface area contributed by atoms with E-state index in [9.17, 15) is 43.2 Å². The minimum atomic E-state index is -4.98. The van der Waals surface area contributed by atoms with Gasteiger partial charge in [0.15, 0.2) is 12.2 Å². The van der Waals surface area contributed by atoms with Crippen LogP contribution < -0.4 is 0 Å². The van der Waals surface area contributed by atoms with Gasteiger partial charge >= 0.3 is 39.5 Å². The van der Waals surface area contributed by atoms with E-state index in [1.807, 2.05) is 12.2 Å². The average molecular weight is 1430 g/mol. The summed E-state index contributed by atoms with van der Waals surface area (Å²) in [6.45, 7) is 4.71. The second-order valence-electron chi connectivity index (χ2n) is 26.3. The summed E-state index contributed by atoms with van der Waals surface area (Å²) in [5.41, 5.74) is 0. The molecular weight excluding hydrogens is 1280 g/mol. The molecule has 19 heteroatoms. The Bertz CT molecular complexity index is 2140. The maximum atomic E-state index is 13.1. The Kier molecular flexibility index (Phi) is 69.3. The number of hydrogen-bond acceptors (Lipinski definition) is 15. The fourth-order valence-electron chi connectivity index (χ4n) is 10.7. The van der Waals surface area contributed by atoms with Crippen molar-refractivity contribution in [2.24, 2.45) is 0 Å². The van der Waals surface area contributed by atoms with Gasteiger partial charge in [0.1, 0.15) is 19.3 Å². The van der Waals surface area contributed by atoms with Crippen molar-refractivity contribution in [1.82, 2.24) is 0 Å². The summed E-state index contributed by atoms with van der Waals surface area (Å²) in [6.07, 6.45) is 71.8. The summed E-state index contributed by atoms with van der Waals surface area (Å²) < 4.78 is 68.5. The van der Waals surface area contributed by atoms with Crippen molar-refractivity contribution in [3.63, 3.8) is 0 Å². The smallest absolute Gasteiger partial charge is 0.462 e. The van der Waals surface area contributed by atoms with Crippen LogP contribution >= 0.6 is 15.6 Å². The van der Waals surface area contributed by atoms with Crippen LogP contribution in [0.2, 0.25) is 0 Å². The second-order valence-corrected chi connectivity index (χ2v) is 29.2. The molecule has 0 spiro atoms. The highest BCUT2D eigenvalue weighted by molar-refractivity contribution is 7.47. The highest BCUT2D eigenvalue weighted by Crippen LogP contribution is 2.45. The number of rotatable bonds is 74. The predicted molar refractivity (Wildman–Crippen MR) is 400 cm³/mol. The molecule has 0 aromatic carbocycles. The number of aliphatic hydroxyl groups is 1. The van der Waals surface area contributed by atoms with Crippen LogP contribution in [0.4, 0.5) is 0 Å². The topological polar surface area (TPSA) is 237 Å². The number of carbonyl (C=O) groups excluding carboxylic acids is 4. The van der Waals surface area contributed by atoms with Gasteiger partial charge in [-0.15, -0.1) is 0 Å². The molecule has 0 fully saturated rings. The molecule has 98 heavy (non-hydrogen) atoms. The average Bonchev–Trinajstić information content (AvgIpc) is 0.986. The van der Waals surface area contributed by atoms with E-state index in [1.165, 1.54) is 148 Å². The third-order valence-corrected chi connectivity index (χ3v) is 18.6. The molecule has 0 radical (unpaired) electrons. The number of allylic oxidation sites excluding steroid dienone is 12. The van der Waals surface area contributed by atoms with Crippen LogP contribution in [-0.2, 0) is 65.4 Å². The molecule has 0 aromatic rings. The predicted octanol–water partition coefficient (Wildman–Crippen LogP) is 22.4. The lowest BCUT2D eigenvalue weighted by Gasteiger charge is -2.21. The van der Waals surface area contributed by atoms with Gasteiger partial charge in [-0.3, -0.25) is 37.3 Å². The molecule has 570 valence electrons. The van der Waals surface area contributed by atoms with Crippen molar-refractivity contribution in [1.29, 1.82) is 0 Å². The molecule has 0 saturated heterocycles. The lowest BCUT2D eigenvalue weighted by Crippen LogP contribution is -2.30. The number of hydrogen-bond donors (Lipinski definition) is 3. The van der Waals surface area contributed by atoms with Crippen molar-refractivity contribution in [2.75, 3.05) is 39.6 Å². The van der Waals surface area contributed by atoms with Crippen molar-refractivity contribution in [2.45, 2.75) is 367 Å². The Labute approximate surface area is 596 Å². The largest absolute Gasteiger partial charge is 0.472 e. The summed E-state index contributed by atoms with van der Waals surface area (Å²) in [4.78, 5) is 72.8. The first-order valence-electron chi connectivity index (χ1n) is 39.2. The molecule has 0 heterocycles. The maximum absolute atomic E-state index is 13.1. The molecule has 3 N–H and O–H groups in total. The third kappa shape index (κ3) is 70.9. The Morgan fingerprint density at radius 3 is 0.898 bits per heavy atom. The molecule has 5 atom stereocenters. The summed E-state index contributed by atoms with van der Waals surface area (Å²) in [7, 11) is -9.95. The van der Waals surface area contributed by atoms with Gasteiger partial charge in [0, 0.05) is 25.7 Å². The van der Waals surface area contributed by atoms with E-state index in [2.05, 4.69) is 88.5 Å². The van der Waals surface area contributed by atoms with Crippen molar-refractivity contribution < 1.29 is 80.2 Å². The van der Waals surface area contributed by atoms with Crippen molar-refractivity contribution >= 4 is 39.5 Å². The minimum Gasteiger partial charge on any atom is -0.462 e. The fraction of sp³-hybridized carbons (Fsp3) is 0.797. The molecule has 0 saturated carbocycles. The van der Waals surface area contributed by atoms with Gasteiger partial charge in [-0.1, -0.05) is 312 Å². The maximum Gasteiger partial charge on any atom is 0.472 e. The van der Waals surface area contributed by atoms with Gasteiger partial charge in [0.25, 0.3) is 0 Å². The van der Waals surface area contributed by atoms with Crippen LogP contribution in [-0.4, -0.2) is 96.7 Å². The van der Waals surface area contributed by atoms with Crippen LogP contribution in [0, 0.1) is 0 Å². The van der Waals surface area contributed by atoms with E-state index in [-0.39, 0.29) is 25.7 Å². The van der Waals surface area contributed by atoms with Crippen molar-refractivity contribution in [3.8, 4) is 0 Å². The van der Waals surface area contributed by atoms with Crippen LogP contribution in [0.25, 0.3) is 0 Å². The number of esters is 4. The van der Waals surface area contributed by atoms with E-state index in [4.69, 9.17) is 37.0 Å². The number of carbonyl (C=O) groups is 4. The summed E-state index contributed by atoms with van der Waals surface area (Å²) >= 11 is 0. The van der Waals surface area contributed by atoms with E-state index in [0.717, 1.165) is 116 Å². The highest BCUT2D eigenvalue weighted by Gasteiger charge is 2.30. The zero-order valence-corrected chi connectivity index (χ0v) is 64.0. The van der Waals surface area contributed by atoms with Gasteiger partial charge in [-0.05, 0) is 83.5 Å². The lowest BCUT2D eigenvalue weighted by molar-refractivity contribution is -0.161. The molecule has 0 bridgehead atoms. The number of aliphatic hydroxyl groups excluding tert-OH is 1. The molecular formula is C79H142O17P2. The molecule has 0 aliphatic rings. The second kappa shape index (κ2) is 71.9. The molecule has 0 aliphatic carbocycles. The normalized spacial score (nSPS) is 14.3. The standard InChI is InChI=1S/C79H142O17P2/c1-5-9-13-17-21-25-29-32-35-36-39-41-45-48-52-56-60-64-77(82)89-69-74(95-78(83)65-61-57-53-49-43-28-24-20-16-12-8-4)71-93-97(85,86)91-67-73(80)68-92-98(87,88)94-72-75(96-79(84)66-62-58-54-50-46-42-38-34-31-27-23-19-15-11-7-3)70-90-76(81)63-59-55-51-47-44-40-37-33-30-26-22-18-14-10-6-2/h9,13,20-21,24-25,32,35,39,41,48,52,73-75,80H,5-8,10-12,14-19,22-23,26-31,33-34,36-38,40,42-47,49-51,53-72H2,1-4H3,(H,85,86)(H,87,88)/b13-9-,24-20-,25-21-,35-32-,41-39-,52-48-. The Balaban J connectivity index is 5.33. The minimum absolute atomic E-state index is 0.0744. The van der Waals surface area contributed by atoms with E-state index >= 15 is 0 Å². The number of ether oxygens (including phenoxy) is 4. The summed E-state index contributed by atoms with van der Waals surface area (Å²) in [5.74, 6) is -2.22. The number of phosphoric acid groups is 2. The number of unbranched alkanes of at least 4 members (excludes halogenated alkanes) is 36. The molecule has 17 nitrogen and oxygen atoms in total. The first kappa shape index (κ1) is 94.5. The van der Waals surface area contributed by atoms with Gasteiger partial charge in [0.2, 0.25) is 0 Å². The molecule has 0 aliphatic heterocycles. The quantitative estimate of drug-likeness (QED) is 0.0169. The molecule has 0 aromatic heterocycles. The number of phosphoric ester groups is 2. The third-order valence-electron chi connectivity index (χ3n) is 16.7. The van der Waals surface area contributed by atoms with Crippen LogP contribution in [0.1, 0.15) is 349 Å². The van der Waals surface area contributed by atoms with Crippen LogP contribution in [0.3, 0.4) is 0 Å².